The number of nitrogens with zero attached hydrogens (tertiary/aromatic N) is 4. The van der Waals surface area contributed by atoms with E-state index in [1.807, 2.05) is 0 Å². The van der Waals surface area contributed by atoms with Gasteiger partial charge in [-0.05, 0) is 42.5 Å². The molecule has 0 spiro atoms. The van der Waals surface area contributed by atoms with E-state index >= 15 is 0 Å². The fourth-order valence-electron chi connectivity index (χ4n) is 2.27. The number of carbonyl (C=O) groups is 2. The summed E-state index contributed by atoms with van der Waals surface area (Å²) in [5.74, 6) is -1.77. The van der Waals surface area contributed by atoms with E-state index in [0.717, 1.165) is 12.1 Å². The smallest absolute Gasteiger partial charge is 0.398 e. The summed E-state index contributed by atoms with van der Waals surface area (Å²) >= 11 is 0. The first-order chi connectivity index (χ1) is 14.8. The summed E-state index contributed by atoms with van der Waals surface area (Å²) in [7, 11) is 0. The van der Waals surface area contributed by atoms with Gasteiger partial charge in [0.05, 0.1) is 33.6 Å². The highest BCUT2D eigenvalue weighted by molar-refractivity contribution is 5.99. The lowest BCUT2D eigenvalue weighted by Crippen LogP contribution is -2.09. The van der Waals surface area contributed by atoms with Gasteiger partial charge in [-0.2, -0.15) is 0 Å². The highest BCUT2D eigenvalue weighted by atomic mass is 16.7. The van der Waals surface area contributed by atoms with Crippen molar-refractivity contribution in [1.82, 2.24) is 0 Å². The van der Waals surface area contributed by atoms with Crippen molar-refractivity contribution < 1.29 is 28.7 Å². The number of benzene rings is 2. The summed E-state index contributed by atoms with van der Waals surface area (Å²) in [6.45, 7) is 0. The molecule has 2 aromatic carbocycles. The normalized spacial score (nSPS) is 10.6. The fraction of sp³-hybridized carbons (Fsp3) is 0. The number of nitrogens with one attached hydrogen (secondary N) is 1. The van der Waals surface area contributed by atoms with Crippen LogP contribution in [0.1, 0.15) is 20.9 Å². The van der Waals surface area contributed by atoms with Crippen LogP contribution in [0.3, 0.4) is 0 Å². The topological polar surface area (TPSA) is 180 Å². The zero-order chi connectivity index (χ0) is 22.4. The predicted octanol–water partition coefficient (Wildman–Crippen LogP) is 4.20. The second-order valence-electron chi connectivity index (χ2n) is 5.74. The van der Waals surface area contributed by atoms with Crippen molar-refractivity contribution in [1.29, 1.82) is 0 Å². The Kier molecular flexibility index (Phi) is 6.06. The predicted molar refractivity (Wildman–Crippen MR) is 103 cm³/mol. The maximum Gasteiger partial charge on any atom is 0.398 e. The van der Waals surface area contributed by atoms with Crippen LogP contribution in [0.2, 0.25) is 0 Å². The Bertz CT molecular complexity index is 1170. The number of amides is 1. The number of non-ortho nitro benzene ring substituents is 1. The van der Waals surface area contributed by atoms with Crippen molar-refractivity contribution >= 4 is 34.6 Å². The number of azo groups is 1. The van der Waals surface area contributed by atoms with Crippen LogP contribution in [0.25, 0.3) is 0 Å². The average molecular weight is 425 g/mol. The van der Waals surface area contributed by atoms with Gasteiger partial charge in [0.15, 0.2) is 0 Å². The van der Waals surface area contributed by atoms with Crippen LogP contribution < -0.4 is 5.48 Å². The van der Waals surface area contributed by atoms with Crippen molar-refractivity contribution in [3.8, 4) is 0 Å². The summed E-state index contributed by atoms with van der Waals surface area (Å²) in [6, 6.07) is 11.4. The van der Waals surface area contributed by atoms with Crippen molar-refractivity contribution in [3.05, 3.63) is 92.4 Å². The van der Waals surface area contributed by atoms with E-state index in [4.69, 9.17) is 9.25 Å². The Balaban J connectivity index is 1.66. The molecule has 1 amide bonds. The lowest BCUT2D eigenvalue weighted by molar-refractivity contribution is -0.394. The zero-order valence-corrected chi connectivity index (χ0v) is 15.3. The van der Waals surface area contributed by atoms with E-state index in [9.17, 15) is 29.8 Å². The molecular formula is C18H11N5O8. The van der Waals surface area contributed by atoms with Crippen molar-refractivity contribution in [2.24, 2.45) is 10.2 Å². The zero-order valence-electron chi connectivity index (χ0n) is 15.3. The number of hydrogen-bond acceptors (Lipinski definition) is 10. The molecule has 0 saturated heterocycles. The largest absolute Gasteiger partial charge is 0.457 e. The fourth-order valence-corrected chi connectivity index (χ4v) is 2.27. The van der Waals surface area contributed by atoms with E-state index in [0.29, 0.717) is 11.8 Å². The van der Waals surface area contributed by atoms with Gasteiger partial charge in [0.25, 0.3) is 11.4 Å². The molecule has 13 heteroatoms. The van der Waals surface area contributed by atoms with Crippen LogP contribution in [0.15, 0.2) is 75.5 Å². The maximum atomic E-state index is 12.2. The highest BCUT2D eigenvalue weighted by Gasteiger charge is 2.24. The molecule has 0 saturated carbocycles. The first-order valence-electron chi connectivity index (χ1n) is 8.35. The van der Waals surface area contributed by atoms with E-state index < -0.39 is 38.7 Å². The van der Waals surface area contributed by atoms with Crippen LogP contribution in [0, 0.1) is 20.2 Å². The van der Waals surface area contributed by atoms with E-state index in [-0.39, 0.29) is 11.4 Å². The molecule has 3 aromatic rings. The van der Waals surface area contributed by atoms with Crippen LogP contribution in [0.4, 0.5) is 22.7 Å². The van der Waals surface area contributed by atoms with Gasteiger partial charge >= 0.3 is 11.9 Å². The van der Waals surface area contributed by atoms with Gasteiger partial charge in [-0.15, -0.1) is 10.2 Å². The van der Waals surface area contributed by atoms with Crippen LogP contribution in [0.5, 0.6) is 0 Å². The van der Waals surface area contributed by atoms with E-state index in [2.05, 4.69) is 15.7 Å². The SMILES string of the molecule is O=C(ONc1ccc(N=NC(=O)c2ccc([N+](=O)[O-])cc2[N+](=O)[O-])cc1)c1ccco1. The minimum absolute atomic E-state index is 0.0109. The average Bonchev–Trinajstić information content (AvgIpc) is 3.31. The summed E-state index contributed by atoms with van der Waals surface area (Å²) in [6.07, 6.45) is 1.32. The number of furan rings is 1. The molecule has 31 heavy (non-hydrogen) atoms. The third-order valence-corrected chi connectivity index (χ3v) is 3.73. The molecule has 0 aliphatic heterocycles. The van der Waals surface area contributed by atoms with Crippen LogP contribution in [-0.4, -0.2) is 21.7 Å². The lowest BCUT2D eigenvalue weighted by atomic mass is 10.1. The molecule has 0 aliphatic rings. The van der Waals surface area contributed by atoms with Gasteiger partial charge in [0.1, 0.15) is 5.56 Å². The quantitative estimate of drug-likeness (QED) is 0.329. The number of nitro groups is 2. The highest BCUT2D eigenvalue weighted by Crippen LogP contribution is 2.26. The molecule has 0 unspecified atom stereocenters. The Morgan fingerprint density at radius 2 is 1.74 bits per heavy atom. The van der Waals surface area contributed by atoms with Gasteiger partial charge in [0.2, 0.25) is 5.76 Å². The first kappa shape index (κ1) is 20.8. The third-order valence-electron chi connectivity index (χ3n) is 3.73. The number of anilines is 1. The lowest BCUT2D eigenvalue weighted by Gasteiger charge is -2.05. The molecule has 13 nitrogen and oxygen atoms in total. The van der Waals surface area contributed by atoms with Crippen molar-refractivity contribution in [3.63, 3.8) is 0 Å². The number of nitro benzene ring substituents is 2. The number of hydrogen-bond donors (Lipinski definition) is 1. The van der Waals surface area contributed by atoms with Gasteiger partial charge in [0, 0.05) is 6.07 Å². The molecule has 3 rings (SSSR count). The summed E-state index contributed by atoms with van der Waals surface area (Å²) in [5.41, 5.74) is 1.29. The molecule has 156 valence electrons. The van der Waals surface area contributed by atoms with Gasteiger partial charge < -0.3 is 9.25 Å². The Hall–Kier alpha value is -4.94. The Labute approximate surface area is 172 Å². The Morgan fingerprint density at radius 1 is 1.00 bits per heavy atom. The van der Waals surface area contributed by atoms with Gasteiger partial charge in [-0.25, -0.2) is 10.3 Å². The second kappa shape index (κ2) is 9.04. The van der Waals surface area contributed by atoms with Crippen molar-refractivity contribution in [2.75, 3.05) is 5.48 Å². The van der Waals surface area contributed by atoms with Crippen LogP contribution >= 0.6 is 0 Å². The summed E-state index contributed by atoms with van der Waals surface area (Å²) < 4.78 is 4.89. The number of carbonyl (C=O) groups excluding carboxylic acids is 2. The monoisotopic (exact) mass is 425 g/mol. The number of rotatable bonds is 7. The van der Waals surface area contributed by atoms with Crippen LogP contribution in [-0.2, 0) is 4.84 Å². The van der Waals surface area contributed by atoms with Crippen molar-refractivity contribution in [2.45, 2.75) is 0 Å². The third kappa shape index (κ3) is 5.11. The van der Waals surface area contributed by atoms with Gasteiger partial charge in [-0.1, -0.05) is 0 Å². The molecule has 0 aliphatic carbocycles. The molecule has 0 atom stereocenters. The molecular weight excluding hydrogens is 414 g/mol. The van der Waals surface area contributed by atoms with Gasteiger partial charge in [-0.3, -0.25) is 25.0 Å². The molecule has 1 aromatic heterocycles. The second-order valence-corrected chi connectivity index (χ2v) is 5.74. The minimum atomic E-state index is -1.05. The maximum absolute atomic E-state index is 12.2. The molecule has 1 N–H and O–H groups in total. The summed E-state index contributed by atoms with van der Waals surface area (Å²) in [5, 5.41) is 29.0. The molecule has 0 bridgehead atoms. The molecule has 0 radical (unpaired) electrons. The summed E-state index contributed by atoms with van der Waals surface area (Å²) in [4.78, 5) is 48.8. The molecule has 0 fully saturated rings. The first-order valence-corrected chi connectivity index (χ1v) is 8.35. The van der Waals surface area contributed by atoms with E-state index in [1.54, 1.807) is 0 Å². The minimum Gasteiger partial charge on any atom is -0.457 e. The standard InChI is InChI=1S/C18H11N5O8/c24-17(14-8-7-13(22(26)27)10-15(14)23(28)29)20-19-11-3-5-12(6-4-11)21-31-18(25)16-2-1-9-30-16/h1-10,21H. The Morgan fingerprint density at radius 3 is 2.35 bits per heavy atom. The molecule has 1 heterocycles. The van der Waals surface area contributed by atoms with E-state index in [1.165, 1.54) is 42.7 Å².